The van der Waals surface area contributed by atoms with Crippen molar-refractivity contribution in [3.63, 3.8) is 0 Å². The number of nitro benzene ring substituents is 2. The lowest BCUT2D eigenvalue weighted by molar-refractivity contribution is -0.385. The van der Waals surface area contributed by atoms with E-state index in [-0.39, 0.29) is 17.2 Å². The average Bonchev–Trinajstić information content (AvgIpc) is 2.82. The number of non-ortho nitro benzene ring substituents is 2. The summed E-state index contributed by atoms with van der Waals surface area (Å²) in [5.74, 6) is 0.549. The number of carbonyl (C=O) groups is 1. The van der Waals surface area contributed by atoms with Crippen LogP contribution < -0.4 is 4.90 Å². The fraction of sp³-hybridized carbons (Fsp3) is 0.0833. The molecule has 0 unspecified atom stereocenters. The van der Waals surface area contributed by atoms with Crippen LogP contribution in [-0.2, 0) is 4.79 Å². The van der Waals surface area contributed by atoms with Crippen molar-refractivity contribution in [1.29, 1.82) is 0 Å². The Morgan fingerprint density at radius 3 is 1.64 bits per heavy atom. The number of rotatable bonds is 5. The fourth-order valence-electron chi connectivity index (χ4n) is 3.53. The van der Waals surface area contributed by atoms with Crippen molar-refractivity contribution < 1.29 is 14.6 Å². The highest BCUT2D eigenvalue weighted by molar-refractivity contribution is 6.15. The van der Waals surface area contributed by atoms with Crippen molar-refractivity contribution >= 4 is 35.1 Å². The van der Waals surface area contributed by atoms with Gasteiger partial charge in [0.05, 0.1) is 9.85 Å². The Morgan fingerprint density at radius 2 is 1.24 bits per heavy atom. The molecule has 0 amide bonds. The molecule has 0 N–H and O–H groups in total. The highest BCUT2D eigenvalue weighted by atomic mass is 16.6. The van der Waals surface area contributed by atoms with Gasteiger partial charge in [0.15, 0.2) is 5.78 Å². The summed E-state index contributed by atoms with van der Waals surface area (Å²) >= 11 is 0. The van der Waals surface area contributed by atoms with Crippen LogP contribution in [0.15, 0.2) is 84.1 Å². The molecule has 33 heavy (non-hydrogen) atoms. The number of hydrogen-bond donors (Lipinski definition) is 0. The summed E-state index contributed by atoms with van der Waals surface area (Å²) in [4.78, 5) is 40.5. The molecule has 1 fully saturated rings. The number of anilines is 1. The molecule has 1 aromatic heterocycles. The third-order valence-electron chi connectivity index (χ3n) is 5.17. The van der Waals surface area contributed by atoms with E-state index < -0.39 is 9.85 Å². The van der Waals surface area contributed by atoms with Gasteiger partial charge >= 0.3 is 0 Å². The number of aromatic nitrogens is 1. The average molecular weight is 442 g/mol. The van der Waals surface area contributed by atoms with Crippen LogP contribution in [0.5, 0.6) is 0 Å². The second-order valence-corrected chi connectivity index (χ2v) is 7.41. The van der Waals surface area contributed by atoms with E-state index in [1.807, 2.05) is 17.0 Å². The van der Waals surface area contributed by atoms with E-state index in [1.54, 1.807) is 48.7 Å². The van der Waals surface area contributed by atoms with Gasteiger partial charge in [0, 0.05) is 54.7 Å². The minimum Gasteiger partial charge on any atom is -0.348 e. The third-order valence-corrected chi connectivity index (χ3v) is 5.17. The molecule has 3 aromatic rings. The standard InChI is InChI=1S/C24H18N4O5/c29-24-19(13-17-4-8-21(9-5-17)27(30)31)15-26(23-3-1-2-12-25-23)16-20(24)14-18-6-10-22(11-7-18)28(32)33/h1-14H,15-16H2/b19-13+,20-14+. The largest absolute Gasteiger partial charge is 0.348 e. The molecule has 1 aliphatic heterocycles. The van der Waals surface area contributed by atoms with E-state index in [0.29, 0.717) is 41.2 Å². The van der Waals surface area contributed by atoms with Crippen LogP contribution in [0.3, 0.4) is 0 Å². The Labute approximate surface area is 188 Å². The molecule has 0 atom stereocenters. The predicted molar refractivity (Wildman–Crippen MR) is 124 cm³/mol. The van der Waals surface area contributed by atoms with Crippen molar-refractivity contribution in [2.24, 2.45) is 0 Å². The Kier molecular flexibility index (Phi) is 6.03. The molecule has 0 bridgehead atoms. The molecule has 9 heteroatoms. The maximum atomic E-state index is 13.3. The predicted octanol–water partition coefficient (Wildman–Crippen LogP) is 4.45. The Balaban J connectivity index is 1.70. The summed E-state index contributed by atoms with van der Waals surface area (Å²) in [6, 6.07) is 17.5. The SMILES string of the molecule is O=C1/C(=C/c2ccc([N+](=O)[O-])cc2)CN(c2ccccn2)C/C1=C\c1ccc([N+](=O)[O-])cc1. The molecule has 1 aliphatic rings. The molecule has 0 saturated carbocycles. The minimum absolute atomic E-state index is 0.0269. The van der Waals surface area contributed by atoms with E-state index in [0.717, 1.165) is 0 Å². The first-order valence-electron chi connectivity index (χ1n) is 10.0. The number of nitrogens with zero attached hydrogens (tertiary/aromatic N) is 4. The van der Waals surface area contributed by atoms with E-state index in [9.17, 15) is 25.0 Å². The lowest BCUT2D eigenvalue weighted by atomic mass is 9.94. The number of carbonyl (C=O) groups excluding carboxylic acids is 1. The number of Topliss-reactive ketones (excluding diaryl/α,β-unsaturated/α-hetero) is 1. The van der Waals surface area contributed by atoms with Crippen LogP contribution >= 0.6 is 0 Å². The number of piperidine rings is 1. The van der Waals surface area contributed by atoms with Crippen molar-refractivity contribution in [3.8, 4) is 0 Å². The van der Waals surface area contributed by atoms with Gasteiger partial charge in [0.1, 0.15) is 5.82 Å². The number of ketones is 1. The van der Waals surface area contributed by atoms with Crippen LogP contribution in [0.4, 0.5) is 17.2 Å². The first-order valence-corrected chi connectivity index (χ1v) is 10.0. The maximum absolute atomic E-state index is 13.3. The van der Waals surface area contributed by atoms with Crippen LogP contribution in [0, 0.1) is 20.2 Å². The number of pyridine rings is 1. The van der Waals surface area contributed by atoms with Crippen LogP contribution in [0.2, 0.25) is 0 Å². The maximum Gasteiger partial charge on any atom is 0.269 e. The second-order valence-electron chi connectivity index (χ2n) is 7.41. The third kappa shape index (κ3) is 4.99. The first kappa shape index (κ1) is 21.6. The van der Waals surface area contributed by atoms with E-state index in [4.69, 9.17) is 0 Å². The molecule has 164 valence electrons. The van der Waals surface area contributed by atoms with E-state index in [2.05, 4.69) is 4.98 Å². The topological polar surface area (TPSA) is 119 Å². The lowest BCUT2D eigenvalue weighted by Gasteiger charge is -2.30. The summed E-state index contributed by atoms with van der Waals surface area (Å²) in [7, 11) is 0. The minimum atomic E-state index is -0.476. The zero-order valence-corrected chi connectivity index (χ0v) is 17.3. The van der Waals surface area contributed by atoms with Crippen LogP contribution in [0.1, 0.15) is 11.1 Å². The van der Waals surface area contributed by atoms with Crippen molar-refractivity contribution in [1.82, 2.24) is 4.98 Å². The lowest BCUT2D eigenvalue weighted by Crippen LogP contribution is -2.38. The van der Waals surface area contributed by atoms with Crippen molar-refractivity contribution in [2.45, 2.75) is 0 Å². The Hall–Kier alpha value is -4.66. The van der Waals surface area contributed by atoms with Gasteiger partial charge in [-0.05, 0) is 59.7 Å². The first-order chi connectivity index (χ1) is 15.9. The van der Waals surface area contributed by atoms with Gasteiger partial charge in [-0.1, -0.05) is 6.07 Å². The number of hydrogen-bond acceptors (Lipinski definition) is 7. The molecule has 9 nitrogen and oxygen atoms in total. The molecule has 0 aliphatic carbocycles. The summed E-state index contributed by atoms with van der Waals surface area (Å²) in [6.45, 7) is 0.648. The smallest absolute Gasteiger partial charge is 0.269 e. The van der Waals surface area contributed by atoms with Gasteiger partial charge in [0.2, 0.25) is 0 Å². The van der Waals surface area contributed by atoms with Crippen LogP contribution in [-0.4, -0.2) is 33.7 Å². The van der Waals surface area contributed by atoms with Gasteiger partial charge in [-0.15, -0.1) is 0 Å². The normalized spacial score (nSPS) is 16.2. The highest BCUT2D eigenvalue weighted by Gasteiger charge is 2.27. The molecule has 0 radical (unpaired) electrons. The fourth-order valence-corrected chi connectivity index (χ4v) is 3.53. The van der Waals surface area contributed by atoms with Gasteiger partial charge in [-0.25, -0.2) is 4.98 Å². The van der Waals surface area contributed by atoms with E-state index >= 15 is 0 Å². The molecule has 4 rings (SSSR count). The quantitative estimate of drug-likeness (QED) is 0.325. The van der Waals surface area contributed by atoms with Gasteiger partial charge in [-0.3, -0.25) is 25.0 Å². The Morgan fingerprint density at radius 1 is 0.758 bits per heavy atom. The monoisotopic (exact) mass is 442 g/mol. The number of benzene rings is 2. The summed E-state index contributed by atoms with van der Waals surface area (Å²) < 4.78 is 0. The van der Waals surface area contributed by atoms with E-state index in [1.165, 1.54) is 24.3 Å². The van der Waals surface area contributed by atoms with Crippen molar-refractivity contribution in [2.75, 3.05) is 18.0 Å². The molecular formula is C24H18N4O5. The molecular weight excluding hydrogens is 424 g/mol. The van der Waals surface area contributed by atoms with Gasteiger partial charge in [0.25, 0.3) is 11.4 Å². The molecule has 2 aromatic carbocycles. The summed E-state index contributed by atoms with van der Waals surface area (Å²) in [6.07, 6.45) is 5.10. The zero-order valence-electron chi connectivity index (χ0n) is 17.3. The summed E-state index contributed by atoms with van der Waals surface area (Å²) in [5, 5.41) is 21.8. The zero-order chi connectivity index (χ0) is 23.4. The Bertz CT molecular complexity index is 1190. The highest BCUT2D eigenvalue weighted by Crippen LogP contribution is 2.26. The van der Waals surface area contributed by atoms with Gasteiger partial charge < -0.3 is 4.90 Å². The molecule has 2 heterocycles. The summed E-state index contributed by atoms with van der Waals surface area (Å²) in [5.41, 5.74) is 2.30. The molecule has 0 spiro atoms. The number of nitro groups is 2. The molecule has 1 saturated heterocycles. The van der Waals surface area contributed by atoms with Crippen LogP contribution in [0.25, 0.3) is 12.2 Å². The van der Waals surface area contributed by atoms with Gasteiger partial charge in [-0.2, -0.15) is 0 Å². The van der Waals surface area contributed by atoms with Crippen molar-refractivity contribution in [3.05, 3.63) is 115 Å². The second kappa shape index (κ2) is 9.23.